The number of nitrogens with zero attached hydrogens (tertiary/aromatic N) is 8. The van der Waals surface area contributed by atoms with E-state index < -0.39 is 200 Å². The van der Waals surface area contributed by atoms with Gasteiger partial charge in [0, 0.05) is 77.4 Å². The van der Waals surface area contributed by atoms with Gasteiger partial charge >= 0.3 is 6.03 Å². The fraction of sp³-hybridized carbons (Fsp3) is 0.512. The monoisotopic (exact) mass is 1610 g/mol. The van der Waals surface area contributed by atoms with Gasteiger partial charge in [0.2, 0.25) is 70.9 Å². The highest BCUT2D eigenvalue weighted by atomic mass is 16.5. The van der Waals surface area contributed by atoms with Crippen LogP contribution in [0.25, 0.3) is 21.8 Å². The summed E-state index contributed by atoms with van der Waals surface area (Å²) in [6.07, 6.45) is 2.94. The molecule has 626 valence electrons. The Morgan fingerprint density at radius 2 is 1.05 bits per heavy atom. The highest BCUT2D eigenvalue weighted by molar-refractivity contribution is 6.04. The summed E-state index contributed by atoms with van der Waals surface area (Å²) in [4.78, 5) is 229. The van der Waals surface area contributed by atoms with E-state index in [4.69, 9.17) is 21.2 Å². The molecular formula is C80H109N19O17. The number of piperidine rings is 2. The molecule has 5 aromatic rings. The predicted octanol–water partition coefficient (Wildman–Crippen LogP) is 0.723. The van der Waals surface area contributed by atoms with Crippen LogP contribution in [0.4, 0.5) is 10.5 Å². The summed E-state index contributed by atoms with van der Waals surface area (Å²) in [6, 6.07) is 11.8. The molecule has 10 atom stereocenters. The molecule has 2 aromatic heterocycles. The zero-order chi connectivity index (χ0) is 84.8. The first kappa shape index (κ1) is 89.4. The van der Waals surface area contributed by atoms with Crippen molar-refractivity contribution < 1.29 is 81.8 Å². The number of urea groups is 1. The molecule has 5 heterocycles. The van der Waals surface area contributed by atoms with Crippen LogP contribution in [0.3, 0.4) is 0 Å². The average Bonchev–Trinajstić information content (AvgIpc) is 0.801. The number of carbonyl (C=O) groups excluding carboxylic acids is 15. The number of aromatic hydroxyl groups is 1. The molecule has 36 nitrogen and oxygen atoms in total. The zero-order valence-electron chi connectivity index (χ0n) is 67.3. The lowest BCUT2D eigenvalue weighted by molar-refractivity contribution is -0.146. The first-order valence-electron chi connectivity index (χ1n) is 39.1. The normalized spacial score (nSPS) is 21.1. The van der Waals surface area contributed by atoms with E-state index >= 15 is 14.4 Å². The van der Waals surface area contributed by atoms with Crippen LogP contribution in [0.5, 0.6) is 11.5 Å². The average molecular weight is 1610 g/mol. The van der Waals surface area contributed by atoms with Crippen molar-refractivity contribution >= 4 is 116 Å². The van der Waals surface area contributed by atoms with Gasteiger partial charge in [-0.05, 0) is 111 Å². The lowest BCUT2D eigenvalue weighted by Crippen LogP contribution is -2.61. The third kappa shape index (κ3) is 23.5. The first-order valence-corrected chi connectivity index (χ1v) is 39.1. The van der Waals surface area contributed by atoms with Crippen LogP contribution in [-0.2, 0) is 64.1 Å². The quantitative estimate of drug-likeness (QED) is 0.0478. The minimum atomic E-state index is -1.69. The van der Waals surface area contributed by atoms with Gasteiger partial charge < -0.3 is 98.6 Å². The minimum Gasteiger partial charge on any atom is -0.505 e. The predicted molar refractivity (Wildman–Crippen MR) is 427 cm³/mol. The summed E-state index contributed by atoms with van der Waals surface area (Å²) in [5.74, 6) is -12.8. The molecule has 14 N–H and O–H groups in total. The van der Waals surface area contributed by atoms with Gasteiger partial charge in [-0.2, -0.15) is 0 Å². The fourth-order valence-electron chi connectivity index (χ4n) is 13.9. The number of anilines is 1. The fourth-order valence-corrected chi connectivity index (χ4v) is 13.9. The molecule has 3 aliphatic heterocycles. The first-order chi connectivity index (χ1) is 55.2. The number of para-hydroxylation sites is 2. The van der Waals surface area contributed by atoms with Crippen molar-refractivity contribution in [2.45, 2.75) is 161 Å². The maximum absolute atomic E-state index is 15.5. The lowest BCUT2D eigenvalue weighted by Gasteiger charge is -2.38. The van der Waals surface area contributed by atoms with Crippen molar-refractivity contribution in [3.8, 4) is 11.5 Å². The number of nitrogens with one attached hydrogen (secondary N) is 9. The van der Waals surface area contributed by atoms with E-state index in [-0.39, 0.29) is 69.3 Å². The maximum atomic E-state index is 15.5. The molecule has 116 heavy (non-hydrogen) atoms. The Balaban J connectivity index is 1.07. The van der Waals surface area contributed by atoms with Gasteiger partial charge in [0.05, 0.1) is 43.3 Å². The van der Waals surface area contributed by atoms with Gasteiger partial charge in [0.15, 0.2) is 17.1 Å². The van der Waals surface area contributed by atoms with Gasteiger partial charge in [-0.25, -0.2) is 14.8 Å². The number of likely N-dealkylation sites (N-methyl/N-ethyl adjacent to an activating group) is 4. The Morgan fingerprint density at radius 3 is 1.53 bits per heavy atom. The SMILES string of the molecule is CC[C@H](C)[C@H]1C(=O)NC[C@@H](NC(=O)c2nc3ccccc3cc2O)C(=O)N2CCCC[C@H]2C(=O)NCC(=O)N(C)CC(=O)N(C)[C@@H]([C@@H](C)CC)C(=O)NC[C@H](NC(=O)c2nc3ccccc3cc2OCc2ccc(NC(=O)[C@H](CCCNC(N)=O)NC(=O)[C@@H](N)C(C)C)cc2)C(=O)N2CCCC[C@H]2C(=O)NCC(=O)N(C)CC(=O)N1C. The molecule has 0 radical (unpaired) electrons. The number of benzene rings is 3. The van der Waals surface area contributed by atoms with E-state index in [1.165, 1.54) is 44.1 Å². The molecule has 36 heteroatoms. The van der Waals surface area contributed by atoms with Crippen molar-refractivity contribution in [3.63, 3.8) is 0 Å². The van der Waals surface area contributed by atoms with Gasteiger partial charge in [0.1, 0.15) is 54.6 Å². The van der Waals surface area contributed by atoms with Crippen molar-refractivity contribution in [1.82, 2.24) is 81.9 Å². The van der Waals surface area contributed by atoms with Crippen molar-refractivity contribution in [3.05, 3.63) is 102 Å². The summed E-state index contributed by atoms with van der Waals surface area (Å²) in [7, 11) is 5.32. The highest BCUT2D eigenvalue weighted by Crippen LogP contribution is 2.28. The van der Waals surface area contributed by atoms with Crippen LogP contribution in [0.2, 0.25) is 0 Å². The number of hydrogen-bond acceptors (Lipinski definition) is 20. The number of primary amides is 1. The molecule has 0 unspecified atom stereocenters. The number of aromatic nitrogens is 2. The van der Waals surface area contributed by atoms with Crippen LogP contribution >= 0.6 is 0 Å². The van der Waals surface area contributed by atoms with Crippen molar-refractivity contribution in [2.75, 3.05) is 92.4 Å². The van der Waals surface area contributed by atoms with Crippen LogP contribution in [-0.4, -0.2) is 269 Å². The molecule has 3 aromatic carbocycles. The molecular weight excluding hydrogens is 1500 g/mol. The zero-order valence-corrected chi connectivity index (χ0v) is 67.3. The van der Waals surface area contributed by atoms with Crippen molar-refractivity contribution in [1.29, 1.82) is 0 Å². The van der Waals surface area contributed by atoms with E-state index in [1.807, 2.05) is 0 Å². The molecule has 0 spiro atoms. The second-order valence-electron chi connectivity index (χ2n) is 30.0. The Kier molecular flexibility index (Phi) is 32.2. The number of pyridine rings is 2. The van der Waals surface area contributed by atoms with Crippen LogP contribution in [0.1, 0.15) is 132 Å². The van der Waals surface area contributed by atoms with E-state index in [2.05, 4.69) is 52.8 Å². The van der Waals surface area contributed by atoms with Gasteiger partial charge in [-0.3, -0.25) is 67.1 Å². The van der Waals surface area contributed by atoms with Crippen LogP contribution < -0.4 is 64.1 Å². The largest absolute Gasteiger partial charge is 0.505 e. The lowest BCUT2D eigenvalue weighted by atomic mass is 9.96. The number of rotatable bonds is 20. The van der Waals surface area contributed by atoms with E-state index in [0.717, 1.165) is 19.6 Å². The maximum Gasteiger partial charge on any atom is 0.312 e. The van der Waals surface area contributed by atoms with E-state index in [0.29, 0.717) is 71.6 Å². The van der Waals surface area contributed by atoms with Gasteiger partial charge in [-0.1, -0.05) is 103 Å². The molecule has 3 fully saturated rings. The molecule has 8 rings (SSSR count). The van der Waals surface area contributed by atoms with Gasteiger partial charge in [0.25, 0.3) is 11.8 Å². The van der Waals surface area contributed by atoms with E-state index in [9.17, 15) is 62.6 Å². The number of nitrogens with two attached hydrogens (primary N) is 2. The summed E-state index contributed by atoms with van der Waals surface area (Å²) >= 11 is 0. The summed E-state index contributed by atoms with van der Waals surface area (Å²) in [5, 5.41) is 36.2. The summed E-state index contributed by atoms with van der Waals surface area (Å²) in [5.41, 5.74) is 12.1. The summed E-state index contributed by atoms with van der Waals surface area (Å²) < 4.78 is 6.36. The van der Waals surface area contributed by atoms with Crippen LogP contribution in [0.15, 0.2) is 84.9 Å². The molecule has 3 saturated heterocycles. The third-order valence-electron chi connectivity index (χ3n) is 21.4. The van der Waals surface area contributed by atoms with Crippen molar-refractivity contribution in [2.24, 2.45) is 29.2 Å². The second-order valence-corrected chi connectivity index (χ2v) is 30.0. The number of ether oxygens (including phenoxy) is 1. The van der Waals surface area contributed by atoms with Crippen LogP contribution in [0, 0.1) is 17.8 Å². The minimum absolute atomic E-state index is 0.0124. The molecule has 0 saturated carbocycles. The number of amides is 16. The number of hydrogen-bond donors (Lipinski definition) is 12. The Labute approximate surface area is 672 Å². The number of carbonyl (C=O) groups is 15. The molecule has 3 aliphatic rings. The molecule has 0 aliphatic carbocycles. The standard InChI is InChI=1S/C80H109N19O17/c1-11-46(5)68-76(111)84-38-55(92-74(109)66-59(100)36-49-22-13-15-24-52(49)89-66)78(113)98-34-19-17-27-57(98)71(106)86-40-61(101)95(8)43-64(104)97(10)69(47(6)12-2)77(112)85-39-56(79(114)99-35-20-18-28-58(99)72(107)87-41-62(102)94(7)42-63(103)96(68)9)93-75(110)67-60(37-50-23-14-16-25-53(50)90-67)116-44-48-29-31-51(32-30-48)88-70(105)54(26-21-33-83-80(82)115)91-73(108)65(81)45(3)4/h13-16,22-25,29-32,36-37,45-47,54-58,65,68-69,100H,11-12,17-21,26-28,33-35,38-44,81H2,1-10H3,(H,84,111)(H,85,112)(H,86,106)(H,87,107)(H,88,105)(H,91,108)(H,92,109)(H,93,110)(H3,82,83,115)/t46-,47-,54-,55+,56-,57-,58-,65-,68-,69-/m0/s1. The number of fused-ring (bicyclic) bond motifs is 4. The van der Waals surface area contributed by atoms with Gasteiger partial charge in [-0.15, -0.1) is 0 Å². The smallest absolute Gasteiger partial charge is 0.312 e. The Morgan fingerprint density at radius 1 is 0.586 bits per heavy atom. The highest BCUT2D eigenvalue weighted by Gasteiger charge is 2.42. The van der Waals surface area contributed by atoms with E-state index in [1.54, 1.807) is 120 Å². The Hall–Kier alpha value is -12.1. The second kappa shape index (κ2) is 41.8. The molecule has 16 amide bonds. The Bertz CT molecular complexity index is 4450. The topological polar surface area (TPSA) is 491 Å². The molecule has 0 bridgehead atoms. The summed E-state index contributed by atoms with van der Waals surface area (Å²) in [6.45, 7) is 6.58. The third-order valence-corrected chi connectivity index (χ3v) is 21.4.